The van der Waals surface area contributed by atoms with Gasteiger partial charge in [-0.3, -0.25) is 9.59 Å². The van der Waals surface area contributed by atoms with Crippen molar-refractivity contribution in [3.05, 3.63) is 63.3 Å². The number of nitrogens with zero attached hydrogens (tertiary/aromatic N) is 2. The smallest absolute Gasteiger partial charge is 0.273 e. The second-order valence-corrected chi connectivity index (χ2v) is 5.92. The van der Waals surface area contributed by atoms with Crippen LogP contribution in [0.2, 0.25) is 5.15 Å². The van der Waals surface area contributed by atoms with E-state index in [1.54, 1.807) is 30.3 Å². The third kappa shape index (κ3) is 3.64. The van der Waals surface area contributed by atoms with Gasteiger partial charge >= 0.3 is 0 Å². The molecule has 0 spiro atoms. The van der Waals surface area contributed by atoms with E-state index in [4.69, 9.17) is 17.3 Å². The van der Waals surface area contributed by atoms with Crippen LogP contribution in [0.5, 0.6) is 0 Å². The molecule has 0 saturated heterocycles. The first-order valence-electron chi connectivity index (χ1n) is 6.34. The molecule has 0 aliphatic carbocycles. The Morgan fingerprint density at radius 1 is 1.27 bits per heavy atom. The highest BCUT2D eigenvalue weighted by Gasteiger charge is 2.28. The molecule has 0 saturated carbocycles. The van der Waals surface area contributed by atoms with Crippen LogP contribution in [0, 0.1) is 0 Å². The van der Waals surface area contributed by atoms with Gasteiger partial charge in [0, 0.05) is 11.5 Å². The summed E-state index contributed by atoms with van der Waals surface area (Å²) >= 11 is 9.13. The zero-order valence-electron chi connectivity index (χ0n) is 11.7. The lowest BCUT2D eigenvalue weighted by atomic mass is 10.0. The molecule has 0 radical (unpaired) electrons. The van der Waals surface area contributed by atoms with Crippen LogP contribution in [0.4, 0.5) is 0 Å². The maximum atomic E-state index is 12.5. The predicted octanol–water partition coefficient (Wildman–Crippen LogP) is 2.80. The number of hydrogen-bond acceptors (Lipinski definition) is 3. The number of benzene rings is 1. The number of hydrogen-bond donors (Lipinski definition) is 1. The van der Waals surface area contributed by atoms with Crippen molar-refractivity contribution in [2.24, 2.45) is 5.73 Å². The molecular weight excluding hydrogens is 370 g/mol. The zero-order valence-corrected chi connectivity index (χ0v) is 14.0. The van der Waals surface area contributed by atoms with E-state index < -0.39 is 17.9 Å². The lowest BCUT2D eigenvalue weighted by Gasteiger charge is -2.26. The largest absolute Gasteiger partial charge is 0.368 e. The van der Waals surface area contributed by atoms with Crippen molar-refractivity contribution in [2.45, 2.75) is 6.04 Å². The van der Waals surface area contributed by atoms with Crippen molar-refractivity contribution in [3.8, 4) is 0 Å². The van der Waals surface area contributed by atoms with E-state index in [2.05, 4.69) is 20.9 Å². The molecule has 2 rings (SSSR count). The molecule has 0 unspecified atom stereocenters. The predicted molar refractivity (Wildman–Crippen MR) is 87.4 cm³/mol. The van der Waals surface area contributed by atoms with E-state index in [0.717, 1.165) is 4.47 Å². The quantitative estimate of drug-likeness (QED) is 0.826. The summed E-state index contributed by atoms with van der Waals surface area (Å²) in [5.74, 6) is -1.07. The number of nitrogens with two attached hydrogens (primary N) is 1. The van der Waals surface area contributed by atoms with E-state index in [-0.39, 0.29) is 10.8 Å². The first kappa shape index (κ1) is 16.5. The molecule has 0 aliphatic rings. The van der Waals surface area contributed by atoms with Crippen LogP contribution >= 0.6 is 27.5 Å². The van der Waals surface area contributed by atoms with Gasteiger partial charge in [0.1, 0.15) is 16.9 Å². The van der Waals surface area contributed by atoms with E-state index in [9.17, 15) is 9.59 Å². The standard InChI is InChI=1S/C15H13BrClN3O2/c1-20(15(22)11-6-3-7-12(17)19-11)13(14(18)21)9-4-2-5-10(16)8-9/h2-8,13H,1H3,(H2,18,21)/t13-/m1/s1. The Morgan fingerprint density at radius 3 is 2.55 bits per heavy atom. The van der Waals surface area contributed by atoms with Crippen LogP contribution in [-0.4, -0.2) is 28.7 Å². The van der Waals surface area contributed by atoms with Crippen LogP contribution in [0.25, 0.3) is 0 Å². The van der Waals surface area contributed by atoms with E-state index in [1.165, 1.54) is 18.0 Å². The summed E-state index contributed by atoms with van der Waals surface area (Å²) in [5.41, 5.74) is 6.23. The van der Waals surface area contributed by atoms with Gasteiger partial charge in [-0.05, 0) is 29.8 Å². The molecule has 0 bridgehead atoms. The fourth-order valence-corrected chi connectivity index (χ4v) is 2.66. The first-order chi connectivity index (χ1) is 10.4. The Bertz CT molecular complexity index is 723. The number of pyridine rings is 1. The number of carbonyl (C=O) groups excluding carboxylic acids is 2. The van der Waals surface area contributed by atoms with Crippen molar-refractivity contribution in [2.75, 3.05) is 7.05 Å². The molecule has 114 valence electrons. The number of primary amides is 1. The van der Waals surface area contributed by atoms with Gasteiger partial charge in [-0.15, -0.1) is 0 Å². The molecule has 1 aromatic carbocycles. The Kier molecular flexibility index (Phi) is 5.15. The van der Waals surface area contributed by atoms with Gasteiger partial charge in [-0.2, -0.15) is 0 Å². The highest BCUT2D eigenvalue weighted by atomic mass is 79.9. The van der Waals surface area contributed by atoms with Gasteiger partial charge in [-0.1, -0.05) is 45.7 Å². The van der Waals surface area contributed by atoms with Crippen LogP contribution in [0.1, 0.15) is 22.1 Å². The van der Waals surface area contributed by atoms with Gasteiger partial charge < -0.3 is 10.6 Å². The summed E-state index contributed by atoms with van der Waals surface area (Å²) in [4.78, 5) is 29.5. The van der Waals surface area contributed by atoms with Crippen molar-refractivity contribution in [1.29, 1.82) is 0 Å². The SMILES string of the molecule is CN(C(=O)c1cccc(Cl)n1)[C@@H](C(N)=O)c1cccc(Br)c1. The Balaban J connectivity index is 2.36. The minimum absolute atomic E-state index is 0.149. The summed E-state index contributed by atoms with van der Waals surface area (Å²) < 4.78 is 0.790. The monoisotopic (exact) mass is 381 g/mol. The van der Waals surface area contributed by atoms with Gasteiger partial charge in [0.25, 0.3) is 5.91 Å². The molecule has 2 aromatic rings. The molecule has 1 atom stereocenters. The van der Waals surface area contributed by atoms with Gasteiger partial charge in [0.2, 0.25) is 5.91 Å². The molecule has 1 heterocycles. The van der Waals surface area contributed by atoms with Gasteiger partial charge in [0.05, 0.1) is 0 Å². The van der Waals surface area contributed by atoms with Crippen LogP contribution in [0.3, 0.4) is 0 Å². The summed E-state index contributed by atoms with van der Waals surface area (Å²) in [7, 11) is 1.50. The van der Waals surface area contributed by atoms with Gasteiger partial charge in [-0.25, -0.2) is 4.98 Å². The third-order valence-electron chi connectivity index (χ3n) is 3.08. The molecule has 0 aliphatic heterocycles. The number of halogens is 2. The number of likely N-dealkylation sites (N-methyl/N-ethyl adjacent to an activating group) is 1. The molecule has 22 heavy (non-hydrogen) atoms. The fraction of sp³-hybridized carbons (Fsp3) is 0.133. The second kappa shape index (κ2) is 6.89. The van der Waals surface area contributed by atoms with Crippen molar-refractivity contribution in [1.82, 2.24) is 9.88 Å². The topological polar surface area (TPSA) is 76.3 Å². The number of rotatable bonds is 4. The molecular formula is C15H13BrClN3O2. The maximum absolute atomic E-state index is 12.5. The molecule has 2 N–H and O–H groups in total. The molecule has 1 aromatic heterocycles. The molecule has 7 heteroatoms. The highest BCUT2D eigenvalue weighted by molar-refractivity contribution is 9.10. The number of carbonyl (C=O) groups is 2. The minimum atomic E-state index is -0.897. The lowest BCUT2D eigenvalue weighted by molar-refractivity contribution is -0.122. The van der Waals surface area contributed by atoms with E-state index >= 15 is 0 Å². The number of aromatic nitrogens is 1. The van der Waals surface area contributed by atoms with E-state index in [0.29, 0.717) is 5.56 Å². The van der Waals surface area contributed by atoms with Crippen molar-refractivity contribution in [3.63, 3.8) is 0 Å². The second-order valence-electron chi connectivity index (χ2n) is 4.62. The minimum Gasteiger partial charge on any atom is -0.368 e. The third-order valence-corrected chi connectivity index (χ3v) is 3.78. The van der Waals surface area contributed by atoms with Gasteiger partial charge in [0.15, 0.2) is 0 Å². The molecule has 2 amide bonds. The Morgan fingerprint density at radius 2 is 1.95 bits per heavy atom. The molecule has 0 fully saturated rings. The zero-order chi connectivity index (χ0) is 16.3. The fourth-order valence-electron chi connectivity index (χ4n) is 2.08. The summed E-state index contributed by atoms with van der Waals surface area (Å²) in [5, 5.41) is 0.206. The van der Waals surface area contributed by atoms with Crippen molar-refractivity contribution >= 4 is 39.3 Å². The van der Waals surface area contributed by atoms with Crippen LogP contribution in [0.15, 0.2) is 46.9 Å². The van der Waals surface area contributed by atoms with Crippen molar-refractivity contribution < 1.29 is 9.59 Å². The summed E-state index contributed by atoms with van der Waals surface area (Å²) in [6.45, 7) is 0. The van der Waals surface area contributed by atoms with E-state index in [1.807, 2.05) is 6.07 Å². The van der Waals surface area contributed by atoms with Crippen LogP contribution in [-0.2, 0) is 4.79 Å². The Labute approximate surface area is 141 Å². The number of amides is 2. The normalized spacial score (nSPS) is 11.8. The molecule has 5 nitrogen and oxygen atoms in total. The maximum Gasteiger partial charge on any atom is 0.273 e. The average Bonchev–Trinajstić information content (AvgIpc) is 2.46. The average molecular weight is 383 g/mol. The Hall–Kier alpha value is -1.92. The van der Waals surface area contributed by atoms with Crippen LogP contribution < -0.4 is 5.73 Å². The summed E-state index contributed by atoms with van der Waals surface area (Å²) in [6.07, 6.45) is 0. The summed E-state index contributed by atoms with van der Waals surface area (Å²) in [6, 6.07) is 10.9. The first-order valence-corrected chi connectivity index (χ1v) is 7.51. The highest BCUT2D eigenvalue weighted by Crippen LogP contribution is 2.24. The lowest BCUT2D eigenvalue weighted by Crippen LogP contribution is -2.39.